The van der Waals surface area contributed by atoms with E-state index in [-0.39, 0.29) is 17.8 Å². The van der Waals surface area contributed by atoms with Gasteiger partial charge in [-0.15, -0.1) is 0 Å². The lowest BCUT2D eigenvalue weighted by Gasteiger charge is -1.98. The maximum absolute atomic E-state index is 12.7. The van der Waals surface area contributed by atoms with Gasteiger partial charge in [-0.3, -0.25) is 10.1 Å². The largest absolute Gasteiger partial charge is 0.272 e. The fraction of sp³-hybridized carbons (Fsp3) is 0.143. The smallest absolute Gasteiger partial charge is 0.258 e. The third-order valence-corrected chi connectivity index (χ3v) is 1.54. The minimum atomic E-state index is -0.651. The van der Waals surface area contributed by atoms with Crippen molar-refractivity contribution in [1.82, 2.24) is 0 Å². The molecule has 0 amide bonds. The van der Waals surface area contributed by atoms with Crippen LogP contribution in [0.3, 0.4) is 0 Å². The Morgan fingerprint density at radius 1 is 1.64 bits per heavy atom. The zero-order chi connectivity index (χ0) is 10.6. The Balaban J connectivity index is 3.15. The van der Waals surface area contributed by atoms with Crippen LogP contribution < -0.4 is 0 Å². The molecule has 14 heavy (non-hydrogen) atoms. The maximum Gasteiger partial charge on any atom is 0.272 e. The van der Waals surface area contributed by atoms with E-state index in [1.807, 2.05) is 0 Å². The van der Waals surface area contributed by atoms with E-state index in [9.17, 15) is 14.5 Å². The average molecular weight is 196 g/mol. The van der Waals surface area contributed by atoms with Crippen LogP contribution in [0.25, 0.3) is 10.4 Å². The van der Waals surface area contributed by atoms with Gasteiger partial charge in [-0.1, -0.05) is 5.11 Å². The van der Waals surface area contributed by atoms with Crippen molar-refractivity contribution in [3.8, 4) is 0 Å². The van der Waals surface area contributed by atoms with Crippen LogP contribution >= 0.6 is 0 Å². The lowest BCUT2D eigenvalue weighted by atomic mass is 10.2. The molecule has 1 aromatic carbocycles. The van der Waals surface area contributed by atoms with Gasteiger partial charge in [-0.05, 0) is 17.7 Å². The van der Waals surface area contributed by atoms with Gasteiger partial charge in [0.25, 0.3) is 5.69 Å². The number of nitrogens with zero attached hydrogens (tertiary/aromatic N) is 4. The summed E-state index contributed by atoms with van der Waals surface area (Å²) in [4.78, 5) is 12.2. The van der Waals surface area contributed by atoms with Crippen LogP contribution in [0.4, 0.5) is 10.1 Å². The van der Waals surface area contributed by atoms with Gasteiger partial charge in [0.15, 0.2) is 0 Å². The van der Waals surface area contributed by atoms with Gasteiger partial charge >= 0.3 is 0 Å². The normalized spacial score (nSPS) is 9.21. The number of nitro benzene ring substituents is 1. The van der Waals surface area contributed by atoms with Gasteiger partial charge in [0, 0.05) is 16.5 Å². The third kappa shape index (κ3) is 2.18. The van der Waals surface area contributed by atoms with Crippen LogP contribution in [0.15, 0.2) is 23.3 Å². The van der Waals surface area contributed by atoms with Crippen LogP contribution in [-0.2, 0) is 6.54 Å². The molecule has 0 N–H and O–H groups in total. The molecule has 6 nitrogen and oxygen atoms in total. The fourth-order valence-corrected chi connectivity index (χ4v) is 0.967. The van der Waals surface area contributed by atoms with Crippen molar-refractivity contribution in [3.63, 3.8) is 0 Å². The zero-order valence-corrected chi connectivity index (χ0v) is 6.92. The molecule has 0 heterocycles. The number of hydrogen-bond donors (Lipinski definition) is 0. The van der Waals surface area contributed by atoms with E-state index < -0.39 is 10.7 Å². The molecule has 0 bridgehead atoms. The van der Waals surface area contributed by atoms with Gasteiger partial charge in [-0.25, -0.2) is 4.39 Å². The first-order valence-electron chi connectivity index (χ1n) is 3.59. The van der Waals surface area contributed by atoms with Crippen molar-refractivity contribution >= 4 is 5.69 Å². The van der Waals surface area contributed by atoms with Crippen molar-refractivity contribution in [1.29, 1.82) is 0 Å². The third-order valence-electron chi connectivity index (χ3n) is 1.54. The Hall–Kier alpha value is -2.14. The molecule has 1 aromatic rings. The van der Waals surface area contributed by atoms with Crippen LogP contribution in [0, 0.1) is 15.9 Å². The van der Waals surface area contributed by atoms with Crippen molar-refractivity contribution < 1.29 is 9.31 Å². The molecular formula is C7H5FN4O2. The first kappa shape index (κ1) is 9.94. The summed E-state index contributed by atoms with van der Waals surface area (Å²) in [5.74, 6) is -0.598. The minimum Gasteiger partial charge on any atom is -0.258 e. The fourth-order valence-electron chi connectivity index (χ4n) is 0.967. The second kappa shape index (κ2) is 4.20. The molecule has 0 aliphatic heterocycles. The molecule has 0 fully saturated rings. The molecule has 0 aromatic heterocycles. The number of azide groups is 1. The Kier molecular flexibility index (Phi) is 2.98. The van der Waals surface area contributed by atoms with Gasteiger partial charge < -0.3 is 0 Å². The van der Waals surface area contributed by atoms with Crippen molar-refractivity contribution in [2.24, 2.45) is 5.11 Å². The molecule has 0 spiro atoms. The summed E-state index contributed by atoms with van der Waals surface area (Å²) in [6, 6.07) is 3.00. The highest BCUT2D eigenvalue weighted by molar-refractivity contribution is 5.40. The van der Waals surface area contributed by atoms with E-state index in [0.717, 1.165) is 18.2 Å². The number of benzene rings is 1. The summed E-state index contributed by atoms with van der Waals surface area (Å²) < 4.78 is 12.7. The second-order valence-corrected chi connectivity index (χ2v) is 2.42. The molecule has 0 aliphatic rings. The molecule has 0 atom stereocenters. The topological polar surface area (TPSA) is 91.9 Å². The molecule has 0 saturated carbocycles. The van der Waals surface area contributed by atoms with E-state index in [0.29, 0.717) is 0 Å². The average Bonchev–Trinajstić information content (AvgIpc) is 2.14. The van der Waals surface area contributed by atoms with E-state index in [4.69, 9.17) is 5.53 Å². The molecule has 1 rings (SSSR count). The molecule has 0 saturated heterocycles. The number of hydrogen-bond acceptors (Lipinski definition) is 3. The summed E-state index contributed by atoms with van der Waals surface area (Å²) in [5, 5.41) is 13.6. The van der Waals surface area contributed by atoms with Gasteiger partial charge in [0.2, 0.25) is 0 Å². The summed E-state index contributed by atoms with van der Waals surface area (Å²) in [6.07, 6.45) is 0. The Morgan fingerprint density at radius 2 is 2.36 bits per heavy atom. The van der Waals surface area contributed by atoms with Crippen LogP contribution in [0.1, 0.15) is 5.56 Å². The van der Waals surface area contributed by atoms with Gasteiger partial charge in [-0.2, -0.15) is 0 Å². The highest BCUT2D eigenvalue weighted by Gasteiger charge is 2.12. The van der Waals surface area contributed by atoms with Crippen molar-refractivity contribution in [2.75, 3.05) is 0 Å². The maximum atomic E-state index is 12.7. The highest BCUT2D eigenvalue weighted by Crippen LogP contribution is 2.20. The first-order valence-corrected chi connectivity index (χ1v) is 3.59. The molecule has 0 radical (unpaired) electrons. The summed E-state index contributed by atoms with van der Waals surface area (Å²) >= 11 is 0. The summed E-state index contributed by atoms with van der Waals surface area (Å²) in [6.45, 7) is -0.232. The lowest BCUT2D eigenvalue weighted by molar-refractivity contribution is -0.385. The predicted octanol–water partition coefficient (Wildman–Crippen LogP) is 2.54. The van der Waals surface area contributed by atoms with E-state index >= 15 is 0 Å². The molecule has 7 heteroatoms. The van der Waals surface area contributed by atoms with E-state index in [2.05, 4.69) is 10.0 Å². The second-order valence-electron chi connectivity index (χ2n) is 2.42. The monoisotopic (exact) mass is 196 g/mol. The predicted molar refractivity (Wildman–Crippen MR) is 45.9 cm³/mol. The van der Waals surface area contributed by atoms with Crippen LogP contribution in [0.2, 0.25) is 0 Å². The van der Waals surface area contributed by atoms with Crippen molar-refractivity contribution in [2.45, 2.75) is 6.54 Å². The molecule has 72 valence electrons. The van der Waals surface area contributed by atoms with Gasteiger partial charge in [0.1, 0.15) is 5.82 Å². The molecule has 0 unspecified atom stereocenters. The van der Waals surface area contributed by atoms with E-state index in [1.165, 1.54) is 0 Å². The van der Waals surface area contributed by atoms with Crippen LogP contribution in [-0.4, -0.2) is 4.92 Å². The number of nitro groups is 1. The Bertz CT molecular complexity index is 414. The number of rotatable bonds is 3. The molecule has 0 aliphatic carbocycles. The van der Waals surface area contributed by atoms with Gasteiger partial charge in [0.05, 0.1) is 11.5 Å². The van der Waals surface area contributed by atoms with E-state index in [1.54, 1.807) is 0 Å². The minimum absolute atomic E-state index is 0.0628. The summed E-state index contributed by atoms with van der Waals surface area (Å²) in [5.41, 5.74) is 7.83. The number of halogens is 1. The van der Waals surface area contributed by atoms with Crippen LogP contribution in [0.5, 0.6) is 0 Å². The van der Waals surface area contributed by atoms with Crippen molar-refractivity contribution in [3.05, 3.63) is 50.1 Å². The lowest BCUT2D eigenvalue weighted by Crippen LogP contribution is -1.95. The molecular weight excluding hydrogens is 191 g/mol. The summed E-state index contributed by atoms with van der Waals surface area (Å²) in [7, 11) is 0. The Morgan fingerprint density at radius 3 is 2.93 bits per heavy atom. The standard InChI is InChI=1S/C7H5FN4O2/c8-6-1-2-7(12(13)14)5(3-6)4-10-11-9/h1-3H,4H2. The SMILES string of the molecule is [N-]=[N+]=NCc1cc(F)ccc1[N+](=O)[O-]. The quantitative estimate of drug-likeness (QED) is 0.244. The first-order chi connectivity index (χ1) is 6.65. The Labute approximate surface area is 77.7 Å². The zero-order valence-electron chi connectivity index (χ0n) is 6.92. The highest BCUT2D eigenvalue weighted by atomic mass is 19.1.